The van der Waals surface area contributed by atoms with Crippen LogP contribution in [0.3, 0.4) is 0 Å². The van der Waals surface area contributed by atoms with Crippen LogP contribution < -0.4 is 14.8 Å². The van der Waals surface area contributed by atoms with Crippen molar-refractivity contribution in [2.75, 3.05) is 25.6 Å². The molecule has 0 aliphatic carbocycles. The summed E-state index contributed by atoms with van der Waals surface area (Å²) in [5, 5.41) is 2.44. The van der Waals surface area contributed by atoms with Crippen LogP contribution in [0, 0.1) is 0 Å². The van der Waals surface area contributed by atoms with Gasteiger partial charge >= 0.3 is 12.2 Å². The third-order valence-electron chi connectivity index (χ3n) is 4.86. The molecule has 1 saturated heterocycles. The van der Waals surface area contributed by atoms with Crippen LogP contribution in [0.25, 0.3) is 0 Å². The fourth-order valence-corrected chi connectivity index (χ4v) is 3.49. The van der Waals surface area contributed by atoms with Crippen LogP contribution in [-0.2, 0) is 6.18 Å². The third-order valence-corrected chi connectivity index (χ3v) is 4.86. The summed E-state index contributed by atoms with van der Waals surface area (Å²) in [5.74, 6) is 0.807. The van der Waals surface area contributed by atoms with Crippen LogP contribution in [0.15, 0.2) is 42.5 Å². The van der Waals surface area contributed by atoms with Gasteiger partial charge in [-0.1, -0.05) is 12.1 Å². The van der Waals surface area contributed by atoms with E-state index in [1.807, 2.05) is 12.1 Å². The molecule has 1 atom stereocenters. The highest BCUT2D eigenvalue weighted by atomic mass is 19.4. The van der Waals surface area contributed by atoms with Crippen LogP contribution in [0.4, 0.5) is 23.7 Å². The number of rotatable bonds is 5. The summed E-state index contributed by atoms with van der Waals surface area (Å²) < 4.78 is 50.7. The van der Waals surface area contributed by atoms with E-state index in [9.17, 15) is 18.0 Å². The average molecular weight is 408 g/mol. The number of methoxy groups -OCH3 is 1. The maximum absolute atomic E-state index is 13.5. The van der Waals surface area contributed by atoms with Crippen molar-refractivity contribution < 1.29 is 27.4 Å². The van der Waals surface area contributed by atoms with Gasteiger partial charge in [0.1, 0.15) is 11.5 Å². The van der Waals surface area contributed by atoms with Gasteiger partial charge in [0.05, 0.1) is 31.0 Å². The van der Waals surface area contributed by atoms with Crippen LogP contribution in [0.5, 0.6) is 11.5 Å². The first-order chi connectivity index (χ1) is 13.8. The number of carbonyl (C=O) groups is 1. The molecule has 2 amide bonds. The molecule has 8 heteroatoms. The molecule has 1 aliphatic heterocycles. The molecule has 1 N–H and O–H groups in total. The van der Waals surface area contributed by atoms with E-state index < -0.39 is 17.8 Å². The normalized spacial score (nSPS) is 16.6. The minimum Gasteiger partial charge on any atom is -0.497 e. The summed E-state index contributed by atoms with van der Waals surface area (Å²) in [4.78, 5) is 14.4. The lowest BCUT2D eigenvalue weighted by atomic mass is 10.0. The predicted octanol–water partition coefficient (Wildman–Crippen LogP) is 5.48. The number of likely N-dealkylation sites (tertiary alicyclic amines) is 1. The van der Waals surface area contributed by atoms with Crippen molar-refractivity contribution in [1.29, 1.82) is 0 Å². The summed E-state index contributed by atoms with van der Waals surface area (Å²) in [6.07, 6.45) is -3.09. The number of benzene rings is 2. The van der Waals surface area contributed by atoms with Gasteiger partial charge in [-0.15, -0.1) is 0 Å². The fourth-order valence-electron chi connectivity index (χ4n) is 3.49. The molecule has 29 heavy (non-hydrogen) atoms. The molecule has 1 aliphatic rings. The first kappa shape index (κ1) is 20.8. The van der Waals surface area contributed by atoms with Crippen LogP contribution in [0.1, 0.15) is 36.9 Å². The molecule has 0 radical (unpaired) electrons. The zero-order valence-electron chi connectivity index (χ0n) is 16.3. The Bertz CT molecular complexity index is 853. The zero-order chi connectivity index (χ0) is 21.0. The number of anilines is 1. The molecule has 0 bridgehead atoms. The van der Waals surface area contributed by atoms with Crippen molar-refractivity contribution in [2.45, 2.75) is 32.0 Å². The minimum atomic E-state index is -4.61. The number of hydrogen-bond acceptors (Lipinski definition) is 3. The van der Waals surface area contributed by atoms with Crippen LogP contribution >= 0.6 is 0 Å². The minimum absolute atomic E-state index is 0.107. The van der Waals surface area contributed by atoms with Crippen molar-refractivity contribution in [3.05, 3.63) is 53.6 Å². The third kappa shape index (κ3) is 4.75. The number of urea groups is 1. The summed E-state index contributed by atoms with van der Waals surface area (Å²) in [6, 6.07) is 10.1. The highest BCUT2D eigenvalue weighted by Crippen LogP contribution is 2.38. The fraction of sp³-hybridized carbons (Fsp3) is 0.381. The molecule has 1 unspecified atom stereocenters. The van der Waals surface area contributed by atoms with E-state index in [4.69, 9.17) is 9.47 Å². The largest absolute Gasteiger partial charge is 0.497 e. The molecule has 1 fully saturated rings. The average Bonchev–Trinajstić information content (AvgIpc) is 3.18. The topological polar surface area (TPSA) is 50.8 Å². The Morgan fingerprint density at radius 3 is 2.48 bits per heavy atom. The molecule has 156 valence electrons. The Morgan fingerprint density at radius 1 is 1.17 bits per heavy atom. The van der Waals surface area contributed by atoms with Gasteiger partial charge in [-0.2, -0.15) is 13.2 Å². The van der Waals surface area contributed by atoms with Gasteiger partial charge in [-0.3, -0.25) is 0 Å². The number of hydrogen-bond donors (Lipinski definition) is 1. The molecule has 5 nitrogen and oxygen atoms in total. The lowest BCUT2D eigenvalue weighted by Gasteiger charge is -2.26. The van der Waals surface area contributed by atoms with E-state index in [0.29, 0.717) is 12.3 Å². The Morgan fingerprint density at radius 2 is 1.86 bits per heavy atom. The SMILES string of the molecule is CCOc1ccc(NC(=O)N2CCCC2c2ccc(OC)cc2)c(C(F)(F)F)c1. The summed E-state index contributed by atoms with van der Waals surface area (Å²) in [6.45, 7) is 2.41. The molecule has 2 aromatic rings. The monoisotopic (exact) mass is 408 g/mol. The van der Waals surface area contributed by atoms with Gasteiger partial charge in [0.25, 0.3) is 0 Å². The van der Waals surface area contributed by atoms with E-state index in [1.165, 1.54) is 12.1 Å². The number of amides is 2. The number of ether oxygens (including phenoxy) is 2. The van der Waals surface area contributed by atoms with Crippen molar-refractivity contribution in [1.82, 2.24) is 4.90 Å². The van der Waals surface area contributed by atoms with Crippen molar-refractivity contribution in [3.63, 3.8) is 0 Å². The van der Waals surface area contributed by atoms with E-state index in [1.54, 1.807) is 31.1 Å². The molecular weight excluding hydrogens is 385 g/mol. The number of alkyl halides is 3. The molecule has 3 rings (SSSR count). The van der Waals surface area contributed by atoms with E-state index in [0.717, 1.165) is 24.5 Å². The molecule has 2 aromatic carbocycles. The van der Waals surface area contributed by atoms with Gasteiger partial charge in [-0.05, 0) is 55.7 Å². The first-order valence-corrected chi connectivity index (χ1v) is 9.39. The van der Waals surface area contributed by atoms with E-state index in [-0.39, 0.29) is 24.1 Å². The van der Waals surface area contributed by atoms with Crippen molar-refractivity contribution in [3.8, 4) is 11.5 Å². The Balaban J connectivity index is 1.81. The van der Waals surface area contributed by atoms with Gasteiger partial charge in [0.2, 0.25) is 0 Å². The molecule has 0 spiro atoms. The van der Waals surface area contributed by atoms with Gasteiger partial charge < -0.3 is 19.7 Å². The highest BCUT2D eigenvalue weighted by molar-refractivity contribution is 5.91. The first-order valence-electron chi connectivity index (χ1n) is 9.39. The Hall–Kier alpha value is -2.90. The smallest absolute Gasteiger partial charge is 0.418 e. The zero-order valence-corrected chi connectivity index (χ0v) is 16.3. The number of halogens is 3. The number of nitrogens with zero attached hydrogens (tertiary/aromatic N) is 1. The molecule has 1 heterocycles. The lowest BCUT2D eigenvalue weighted by Crippen LogP contribution is -2.35. The highest BCUT2D eigenvalue weighted by Gasteiger charge is 2.36. The second-order valence-electron chi connectivity index (χ2n) is 6.69. The standard InChI is InChI=1S/C21H23F3N2O3/c1-3-29-16-10-11-18(17(13-16)21(22,23)24)25-20(27)26-12-4-5-19(26)14-6-8-15(28-2)9-7-14/h6-11,13,19H,3-5,12H2,1-2H3,(H,25,27). The van der Waals surface area contributed by atoms with Gasteiger partial charge in [0, 0.05) is 6.54 Å². The number of carbonyl (C=O) groups excluding carboxylic acids is 1. The van der Waals surface area contributed by atoms with Gasteiger partial charge in [0.15, 0.2) is 0 Å². The Labute approximate surface area is 167 Å². The van der Waals surface area contributed by atoms with Crippen molar-refractivity contribution in [2.24, 2.45) is 0 Å². The molecule has 0 aromatic heterocycles. The summed E-state index contributed by atoms with van der Waals surface area (Å²) >= 11 is 0. The van der Waals surface area contributed by atoms with E-state index >= 15 is 0 Å². The number of nitrogens with one attached hydrogen (secondary N) is 1. The van der Waals surface area contributed by atoms with Crippen LogP contribution in [0.2, 0.25) is 0 Å². The second kappa shape index (κ2) is 8.63. The van der Waals surface area contributed by atoms with Crippen molar-refractivity contribution >= 4 is 11.7 Å². The van der Waals surface area contributed by atoms with Gasteiger partial charge in [-0.25, -0.2) is 4.79 Å². The maximum atomic E-state index is 13.5. The molecular formula is C21H23F3N2O3. The summed E-state index contributed by atoms with van der Waals surface area (Å²) in [5.41, 5.74) is -0.301. The van der Waals surface area contributed by atoms with Crippen LogP contribution in [-0.4, -0.2) is 31.2 Å². The lowest BCUT2D eigenvalue weighted by molar-refractivity contribution is -0.137. The predicted molar refractivity (Wildman–Crippen MR) is 103 cm³/mol. The second-order valence-corrected chi connectivity index (χ2v) is 6.69. The quantitative estimate of drug-likeness (QED) is 0.713. The maximum Gasteiger partial charge on any atom is 0.418 e. The summed E-state index contributed by atoms with van der Waals surface area (Å²) in [7, 11) is 1.57. The molecule has 0 saturated carbocycles. The Kier molecular flexibility index (Phi) is 6.20. The van der Waals surface area contributed by atoms with E-state index in [2.05, 4.69) is 5.32 Å².